The second-order valence-electron chi connectivity index (χ2n) is 12.9. The summed E-state index contributed by atoms with van der Waals surface area (Å²) in [5.41, 5.74) is 2.12. The van der Waals surface area contributed by atoms with Gasteiger partial charge in [-0.1, -0.05) is 84.9 Å². The third kappa shape index (κ3) is 10.9. The smallest absolute Gasteiger partial charge is 0.309 e. The molecule has 9 heteroatoms. The fourth-order valence-corrected chi connectivity index (χ4v) is 6.12. The van der Waals surface area contributed by atoms with Gasteiger partial charge in [0, 0.05) is 11.8 Å². The number of hydrogen-bond donors (Lipinski definition) is 0. The molecule has 0 saturated carbocycles. The minimum Gasteiger partial charge on any atom is -0.461 e. The molecule has 43 heavy (non-hydrogen) atoms. The van der Waals surface area contributed by atoms with Gasteiger partial charge >= 0.3 is 5.97 Å². The van der Waals surface area contributed by atoms with Crippen LogP contribution in [-0.2, 0) is 23.8 Å². The molecule has 240 valence electrons. The molecule has 2 aromatic rings. The third-order valence-corrected chi connectivity index (χ3v) is 14.0. The Hall–Kier alpha value is -2.36. The van der Waals surface area contributed by atoms with Crippen molar-refractivity contribution in [2.75, 3.05) is 19.5 Å². The van der Waals surface area contributed by atoms with E-state index in [4.69, 9.17) is 9.16 Å². The molecular formula is C34H50F2O5SSi. The van der Waals surface area contributed by atoms with Crippen molar-refractivity contribution >= 4 is 35.3 Å². The van der Waals surface area contributed by atoms with Crippen LogP contribution in [0.5, 0.6) is 0 Å². The van der Waals surface area contributed by atoms with Crippen molar-refractivity contribution in [2.45, 2.75) is 103 Å². The van der Waals surface area contributed by atoms with E-state index in [0.717, 1.165) is 63.3 Å². The fourth-order valence-electron chi connectivity index (χ4n) is 4.55. The summed E-state index contributed by atoms with van der Waals surface area (Å²) in [4.78, 5) is 13.5. The molecule has 0 heterocycles. The molecule has 0 amide bonds. The molecule has 0 aliphatic carbocycles. The first-order valence-corrected chi connectivity index (χ1v) is 20.1. The van der Waals surface area contributed by atoms with E-state index in [0.29, 0.717) is 22.3 Å². The molecule has 0 unspecified atom stereocenters. The molecule has 0 bridgehead atoms. The van der Waals surface area contributed by atoms with Gasteiger partial charge in [0.15, 0.2) is 29.8 Å². The van der Waals surface area contributed by atoms with Crippen molar-refractivity contribution in [1.82, 2.24) is 0 Å². The van der Waals surface area contributed by atoms with Crippen molar-refractivity contribution in [3.63, 3.8) is 0 Å². The second-order valence-corrected chi connectivity index (χ2v) is 19.7. The molecule has 0 aliphatic rings. The van der Waals surface area contributed by atoms with Crippen LogP contribution in [0.25, 0.3) is 11.1 Å². The fraction of sp³-hybridized carbons (Fsp3) is 0.559. The molecular weight excluding hydrogens is 587 g/mol. The van der Waals surface area contributed by atoms with E-state index >= 15 is 0 Å². The van der Waals surface area contributed by atoms with E-state index < -0.39 is 29.8 Å². The number of ether oxygens (including phenoxy) is 1. The molecule has 0 aliphatic heterocycles. The molecule has 2 aromatic carbocycles. The minimum absolute atomic E-state index is 0.0810. The van der Waals surface area contributed by atoms with Gasteiger partial charge < -0.3 is 9.16 Å². The Morgan fingerprint density at radius 3 is 1.98 bits per heavy atom. The van der Waals surface area contributed by atoms with E-state index in [1.165, 1.54) is 18.2 Å². The number of esters is 1. The summed E-state index contributed by atoms with van der Waals surface area (Å²) in [5.74, 6) is -2.49. The van der Waals surface area contributed by atoms with Crippen LogP contribution in [0, 0.1) is 17.6 Å². The minimum atomic E-state index is -3.44. The number of rotatable bonds is 16. The maximum absolute atomic E-state index is 14.5. The quantitative estimate of drug-likeness (QED) is 0.0795. The van der Waals surface area contributed by atoms with Gasteiger partial charge in [0.2, 0.25) is 0 Å². The standard InChI is InChI=1S/C34H50F2O5SSi/c1-9-11-12-13-15-26(14-10-2)33(37)40-23-29(25-16-19-28(20-17-25)42(6,38)39)30(24-41-43(7,8)34(3,4)5)27-18-21-31(35)32(36)22-27/h16-22,26H,9-15,23-24H2,1-8H3/t26-/m1/s1. The van der Waals surface area contributed by atoms with Crippen molar-refractivity contribution in [2.24, 2.45) is 5.92 Å². The molecule has 0 fully saturated rings. The molecule has 2 rings (SSSR count). The highest BCUT2D eigenvalue weighted by molar-refractivity contribution is 7.90. The average molecular weight is 637 g/mol. The summed E-state index contributed by atoms with van der Waals surface area (Å²) >= 11 is 0. The monoisotopic (exact) mass is 636 g/mol. The Balaban J connectivity index is 2.63. The largest absolute Gasteiger partial charge is 0.461 e. The summed E-state index contributed by atoms with van der Waals surface area (Å²) in [7, 11) is -5.73. The van der Waals surface area contributed by atoms with Gasteiger partial charge in [0.05, 0.1) is 17.4 Å². The van der Waals surface area contributed by atoms with Gasteiger partial charge in [0.25, 0.3) is 0 Å². The van der Waals surface area contributed by atoms with E-state index in [1.807, 2.05) is 6.92 Å². The summed E-state index contributed by atoms with van der Waals surface area (Å²) in [6.45, 7) is 14.7. The molecule has 0 saturated heterocycles. The highest BCUT2D eigenvalue weighted by Gasteiger charge is 2.37. The number of hydrogen-bond acceptors (Lipinski definition) is 5. The lowest BCUT2D eigenvalue weighted by Gasteiger charge is -2.36. The number of halogens is 2. The predicted octanol–water partition coefficient (Wildman–Crippen LogP) is 9.23. The van der Waals surface area contributed by atoms with Crippen molar-refractivity contribution in [3.8, 4) is 0 Å². The van der Waals surface area contributed by atoms with Crippen molar-refractivity contribution < 1.29 is 31.2 Å². The summed E-state index contributed by atoms with van der Waals surface area (Å²) in [6.07, 6.45) is 7.70. The van der Waals surface area contributed by atoms with Crippen LogP contribution in [0.1, 0.15) is 90.7 Å². The van der Waals surface area contributed by atoms with E-state index in [2.05, 4.69) is 40.8 Å². The molecule has 5 nitrogen and oxygen atoms in total. The zero-order valence-corrected chi connectivity index (χ0v) is 29.0. The number of carbonyl (C=O) groups is 1. The highest BCUT2D eigenvalue weighted by atomic mass is 32.2. The molecule has 0 aromatic heterocycles. The van der Waals surface area contributed by atoms with Gasteiger partial charge in [-0.05, 0) is 71.9 Å². The van der Waals surface area contributed by atoms with Crippen molar-refractivity contribution in [1.29, 1.82) is 0 Å². The zero-order valence-electron chi connectivity index (χ0n) is 27.2. The molecule has 0 radical (unpaired) electrons. The van der Waals surface area contributed by atoms with Crippen LogP contribution in [0.15, 0.2) is 47.4 Å². The Morgan fingerprint density at radius 1 is 0.837 bits per heavy atom. The lowest BCUT2D eigenvalue weighted by atomic mass is 9.94. The molecule has 0 N–H and O–H groups in total. The molecule has 0 spiro atoms. The SMILES string of the molecule is CCCCCC[C@@H](CCC)C(=O)OCC(=C(CO[Si](C)(C)C(C)(C)C)c1ccc(F)c(F)c1)c1ccc(S(C)(=O)=O)cc1. The summed E-state index contributed by atoms with van der Waals surface area (Å²) in [6, 6.07) is 9.99. The summed E-state index contributed by atoms with van der Waals surface area (Å²) < 4.78 is 65.4. The Morgan fingerprint density at radius 2 is 1.44 bits per heavy atom. The van der Waals surface area contributed by atoms with E-state index in [9.17, 15) is 22.0 Å². The van der Waals surface area contributed by atoms with Crippen LogP contribution < -0.4 is 0 Å². The first-order valence-electron chi connectivity index (χ1n) is 15.3. The lowest BCUT2D eigenvalue weighted by molar-refractivity contribution is -0.147. The first-order chi connectivity index (χ1) is 20.0. The Kier molecular flexibility index (Phi) is 13.8. The maximum Gasteiger partial charge on any atom is 0.309 e. The molecule has 1 atom stereocenters. The maximum atomic E-state index is 14.5. The van der Waals surface area contributed by atoms with E-state index in [-0.39, 0.29) is 35.0 Å². The average Bonchev–Trinajstić information content (AvgIpc) is 2.92. The topological polar surface area (TPSA) is 69.7 Å². The van der Waals surface area contributed by atoms with Crippen LogP contribution in [0.4, 0.5) is 8.78 Å². The van der Waals surface area contributed by atoms with Gasteiger partial charge in [-0.15, -0.1) is 0 Å². The summed E-state index contributed by atoms with van der Waals surface area (Å²) in [5, 5.41) is -0.110. The first kappa shape index (κ1) is 36.8. The second kappa shape index (κ2) is 16.1. The normalized spacial score (nSPS) is 13.9. The highest BCUT2D eigenvalue weighted by Crippen LogP contribution is 2.38. The van der Waals surface area contributed by atoms with E-state index in [1.54, 1.807) is 12.1 Å². The van der Waals surface area contributed by atoms with Gasteiger partial charge in [0.1, 0.15) is 6.61 Å². The Labute approximate surface area is 259 Å². The number of benzene rings is 2. The lowest BCUT2D eigenvalue weighted by Crippen LogP contribution is -2.41. The third-order valence-electron chi connectivity index (χ3n) is 8.38. The number of carbonyl (C=O) groups excluding carboxylic acids is 1. The van der Waals surface area contributed by atoms with Crippen molar-refractivity contribution in [3.05, 3.63) is 65.2 Å². The van der Waals surface area contributed by atoms with Gasteiger partial charge in [-0.25, -0.2) is 17.2 Å². The zero-order chi connectivity index (χ0) is 32.4. The predicted molar refractivity (Wildman–Crippen MR) is 174 cm³/mol. The van der Waals surface area contributed by atoms with Gasteiger partial charge in [-0.2, -0.15) is 0 Å². The van der Waals surface area contributed by atoms with Crippen LogP contribution in [-0.4, -0.2) is 42.2 Å². The number of sulfone groups is 1. The Bertz CT molecular complexity index is 1350. The van der Waals surface area contributed by atoms with Crippen LogP contribution >= 0.6 is 0 Å². The van der Waals surface area contributed by atoms with Crippen LogP contribution in [0.3, 0.4) is 0 Å². The van der Waals surface area contributed by atoms with Gasteiger partial charge in [-0.3, -0.25) is 4.79 Å². The van der Waals surface area contributed by atoms with Crippen LogP contribution in [0.2, 0.25) is 18.1 Å². The number of unbranched alkanes of at least 4 members (excludes halogenated alkanes) is 3.